The first-order valence-corrected chi connectivity index (χ1v) is 9.49. The Balaban J connectivity index is 2.22. The van der Waals surface area contributed by atoms with Crippen LogP contribution in [0.3, 0.4) is 0 Å². The molecule has 0 saturated heterocycles. The van der Waals surface area contributed by atoms with Crippen molar-refractivity contribution in [3.8, 4) is 0 Å². The fourth-order valence-electron chi connectivity index (χ4n) is 1.89. The van der Waals surface area contributed by atoms with Gasteiger partial charge >= 0.3 is 12.1 Å². The standard InChI is InChI=1S/C18H26N2O5S/c1-18(2,3)25-17(23)19-11-7-10-16(22)24-12-15(21)20-13-8-5-6-9-14(13)26-4/h5-6,8-9H,7,10-12H2,1-4H3,(H,19,23)(H,20,21). The van der Waals surface area contributed by atoms with Crippen molar-refractivity contribution < 1.29 is 23.9 Å². The summed E-state index contributed by atoms with van der Waals surface area (Å²) < 4.78 is 10.0. The molecule has 0 aliphatic carbocycles. The van der Waals surface area contributed by atoms with Crippen LogP contribution in [-0.4, -0.2) is 43.0 Å². The normalized spacial score (nSPS) is 10.8. The molecule has 7 nitrogen and oxygen atoms in total. The summed E-state index contributed by atoms with van der Waals surface area (Å²) in [7, 11) is 0. The number of nitrogens with one attached hydrogen (secondary N) is 2. The molecule has 0 aliphatic rings. The van der Waals surface area contributed by atoms with Crippen molar-refractivity contribution in [3.63, 3.8) is 0 Å². The zero-order valence-electron chi connectivity index (χ0n) is 15.6. The van der Waals surface area contributed by atoms with Crippen molar-refractivity contribution in [3.05, 3.63) is 24.3 Å². The topological polar surface area (TPSA) is 93.7 Å². The minimum atomic E-state index is -0.564. The number of ether oxygens (including phenoxy) is 2. The van der Waals surface area contributed by atoms with Crippen LogP contribution in [-0.2, 0) is 19.1 Å². The molecular formula is C18H26N2O5S. The second kappa shape index (κ2) is 10.7. The summed E-state index contributed by atoms with van der Waals surface area (Å²) in [6.07, 6.45) is 1.88. The van der Waals surface area contributed by atoms with Crippen LogP contribution < -0.4 is 10.6 Å². The number of para-hydroxylation sites is 1. The van der Waals surface area contributed by atoms with Crippen molar-refractivity contribution in [2.45, 2.75) is 44.1 Å². The van der Waals surface area contributed by atoms with E-state index in [2.05, 4.69) is 10.6 Å². The Morgan fingerprint density at radius 2 is 1.85 bits per heavy atom. The van der Waals surface area contributed by atoms with E-state index in [1.54, 1.807) is 26.8 Å². The SMILES string of the molecule is CSc1ccccc1NC(=O)COC(=O)CCCNC(=O)OC(C)(C)C. The van der Waals surface area contributed by atoms with Crippen LogP contribution in [0.1, 0.15) is 33.6 Å². The third-order valence-electron chi connectivity index (χ3n) is 2.97. The summed E-state index contributed by atoms with van der Waals surface area (Å²) >= 11 is 1.51. The average molecular weight is 382 g/mol. The summed E-state index contributed by atoms with van der Waals surface area (Å²) in [5.41, 5.74) is 0.119. The summed E-state index contributed by atoms with van der Waals surface area (Å²) in [4.78, 5) is 35.9. The van der Waals surface area contributed by atoms with E-state index in [4.69, 9.17) is 9.47 Å². The van der Waals surface area contributed by atoms with E-state index < -0.39 is 23.6 Å². The molecule has 0 saturated carbocycles. The molecular weight excluding hydrogens is 356 g/mol. The third kappa shape index (κ3) is 9.31. The number of amides is 2. The lowest BCUT2D eigenvalue weighted by Gasteiger charge is -2.19. The van der Waals surface area contributed by atoms with Crippen molar-refractivity contribution in [2.75, 3.05) is 24.7 Å². The van der Waals surface area contributed by atoms with Crippen LogP contribution in [0.5, 0.6) is 0 Å². The lowest BCUT2D eigenvalue weighted by atomic mass is 10.2. The molecule has 0 atom stereocenters. The summed E-state index contributed by atoms with van der Waals surface area (Å²) in [5.74, 6) is -0.893. The van der Waals surface area contributed by atoms with E-state index in [-0.39, 0.29) is 19.6 Å². The van der Waals surface area contributed by atoms with Gasteiger partial charge in [0.15, 0.2) is 6.61 Å². The zero-order chi connectivity index (χ0) is 19.6. The summed E-state index contributed by atoms with van der Waals surface area (Å²) in [6.45, 7) is 5.25. The number of hydrogen-bond acceptors (Lipinski definition) is 6. The maximum Gasteiger partial charge on any atom is 0.407 e. The highest BCUT2D eigenvalue weighted by Gasteiger charge is 2.15. The molecule has 8 heteroatoms. The Kier molecular flexibility index (Phi) is 8.98. The lowest BCUT2D eigenvalue weighted by molar-refractivity contribution is -0.147. The molecule has 1 aromatic carbocycles. The van der Waals surface area contributed by atoms with Gasteiger partial charge in [0, 0.05) is 17.9 Å². The van der Waals surface area contributed by atoms with Crippen molar-refractivity contribution in [1.29, 1.82) is 0 Å². The highest BCUT2D eigenvalue weighted by atomic mass is 32.2. The number of hydrogen-bond donors (Lipinski definition) is 2. The number of thioether (sulfide) groups is 1. The zero-order valence-corrected chi connectivity index (χ0v) is 16.4. The molecule has 144 valence electrons. The van der Waals surface area contributed by atoms with Crippen LogP contribution >= 0.6 is 11.8 Å². The largest absolute Gasteiger partial charge is 0.456 e. The van der Waals surface area contributed by atoms with Crippen LogP contribution in [0.25, 0.3) is 0 Å². The minimum Gasteiger partial charge on any atom is -0.456 e. The van der Waals surface area contributed by atoms with Gasteiger partial charge in [0.2, 0.25) is 0 Å². The quantitative estimate of drug-likeness (QED) is 0.407. The molecule has 2 amide bonds. The Bertz CT molecular complexity index is 628. The van der Waals surface area contributed by atoms with Crippen molar-refractivity contribution in [1.82, 2.24) is 5.32 Å². The van der Waals surface area contributed by atoms with Gasteiger partial charge in [-0.15, -0.1) is 11.8 Å². The predicted octanol–water partition coefficient (Wildman–Crippen LogP) is 3.20. The summed E-state index contributed by atoms with van der Waals surface area (Å²) in [5, 5.41) is 5.26. The van der Waals surface area contributed by atoms with E-state index in [1.807, 2.05) is 24.5 Å². The average Bonchev–Trinajstić information content (AvgIpc) is 2.56. The Morgan fingerprint density at radius 1 is 1.15 bits per heavy atom. The van der Waals surface area contributed by atoms with Gasteiger partial charge in [-0.05, 0) is 45.6 Å². The molecule has 1 aromatic rings. The van der Waals surface area contributed by atoms with Gasteiger partial charge in [-0.1, -0.05) is 12.1 Å². The Morgan fingerprint density at radius 3 is 2.50 bits per heavy atom. The second-order valence-electron chi connectivity index (χ2n) is 6.44. The van der Waals surface area contributed by atoms with E-state index in [0.717, 1.165) is 4.90 Å². The van der Waals surface area contributed by atoms with Crippen molar-refractivity contribution in [2.24, 2.45) is 0 Å². The molecule has 0 aliphatic heterocycles. The first-order chi connectivity index (χ1) is 12.2. The van der Waals surface area contributed by atoms with E-state index >= 15 is 0 Å². The maximum atomic E-state index is 11.9. The molecule has 26 heavy (non-hydrogen) atoms. The molecule has 1 rings (SSSR count). The van der Waals surface area contributed by atoms with Gasteiger partial charge in [0.25, 0.3) is 5.91 Å². The van der Waals surface area contributed by atoms with Crippen LogP contribution in [0.15, 0.2) is 29.2 Å². The smallest absolute Gasteiger partial charge is 0.407 e. The van der Waals surface area contributed by atoms with E-state index in [1.165, 1.54) is 11.8 Å². The molecule has 0 aromatic heterocycles. The molecule has 0 fully saturated rings. The van der Waals surface area contributed by atoms with Crippen LogP contribution in [0, 0.1) is 0 Å². The predicted molar refractivity (Wildman–Crippen MR) is 101 cm³/mol. The number of rotatable bonds is 8. The van der Waals surface area contributed by atoms with Gasteiger partial charge < -0.3 is 20.1 Å². The monoisotopic (exact) mass is 382 g/mol. The van der Waals surface area contributed by atoms with Gasteiger partial charge in [-0.3, -0.25) is 9.59 Å². The number of alkyl carbamates (subject to hydrolysis) is 1. The highest BCUT2D eigenvalue weighted by Crippen LogP contribution is 2.24. The van der Waals surface area contributed by atoms with Gasteiger partial charge in [-0.25, -0.2) is 4.79 Å². The van der Waals surface area contributed by atoms with Gasteiger partial charge in [0.05, 0.1) is 5.69 Å². The third-order valence-corrected chi connectivity index (χ3v) is 3.77. The molecule has 0 spiro atoms. The molecule has 0 radical (unpaired) electrons. The van der Waals surface area contributed by atoms with E-state index in [0.29, 0.717) is 12.1 Å². The molecule has 0 heterocycles. The molecule has 2 N–H and O–H groups in total. The van der Waals surface area contributed by atoms with E-state index in [9.17, 15) is 14.4 Å². The number of anilines is 1. The lowest BCUT2D eigenvalue weighted by Crippen LogP contribution is -2.33. The first kappa shape index (κ1) is 21.8. The molecule has 0 bridgehead atoms. The fourth-order valence-corrected chi connectivity index (χ4v) is 2.44. The number of carbonyl (C=O) groups is 3. The first-order valence-electron chi connectivity index (χ1n) is 8.26. The Hall–Kier alpha value is -2.22. The molecule has 0 unspecified atom stereocenters. The number of carbonyl (C=O) groups excluding carboxylic acids is 3. The van der Waals surface area contributed by atoms with Gasteiger partial charge in [-0.2, -0.15) is 0 Å². The number of esters is 1. The number of benzene rings is 1. The second-order valence-corrected chi connectivity index (χ2v) is 7.29. The maximum absolute atomic E-state index is 11.9. The Labute approximate surface area is 158 Å². The highest BCUT2D eigenvalue weighted by molar-refractivity contribution is 7.98. The fraction of sp³-hybridized carbons (Fsp3) is 0.500. The van der Waals surface area contributed by atoms with Gasteiger partial charge in [0.1, 0.15) is 5.60 Å². The minimum absolute atomic E-state index is 0.102. The van der Waals surface area contributed by atoms with Crippen LogP contribution in [0.2, 0.25) is 0 Å². The summed E-state index contributed by atoms with van der Waals surface area (Å²) in [6, 6.07) is 7.38. The van der Waals surface area contributed by atoms with Crippen LogP contribution in [0.4, 0.5) is 10.5 Å². The van der Waals surface area contributed by atoms with Crippen molar-refractivity contribution >= 4 is 35.4 Å².